The first-order chi connectivity index (χ1) is 7.59. The van der Waals surface area contributed by atoms with Gasteiger partial charge in [-0.05, 0) is 25.3 Å². The molecule has 0 saturated carbocycles. The zero-order valence-corrected chi connectivity index (χ0v) is 11.3. The van der Waals surface area contributed by atoms with Crippen molar-refractivity contribution in [1.29, 1.82) is 0 Å². The fourth-order valence-corrected chi connectivity index (χ4v) is 2.49. The molecule has 0 bridgehead atoms. The Morgan fingerprint density at radius 1 is 1.69 bits per heavy atom. The first-order valence-corrected chi connectivity index (χ1v) is 7.08. The van der Waals surface area contributed by atoms with Crippen LogP contribution in [0.15, 0.2) is 29.7 Å². The minimum absolute atomic E-state index is 0.0170. The van der Waals surface area contributed by atoms with Crippen LogP contribution in [0.4, 0.5) is 0 Å². The number of carbonyl (C=O) groups is 1. The lowest BCUT2D eigenvalue weighted by Gasteiger charge is -2.11. The summed E-state index contributed by atoms with van der Waals surface area (Å²) in [6.45, 7) is 8.36. The molecule has 1 N–H and O–H groups in total. The molecular weight excluding hydrogens is 238 g/mol. The number of carbonyl (C=O) groups excluding carboxylic acids is 1. The SMILES string of the molecule is C=C(C)CS[C@@H](C)C(=O)NCc1cccs1. The van der Waals surface area contributed by atoms with Crippen molar-refractivity contribution in [1.82, 2.24) is 5.32 Å². The Hall–Kier alpha value is -0.740. The third-order valence-corrected chi connectivity index (χ3v) is 4.22. The smallest absolute Gasteiger partial charge is 0.233 e. The van der Waals surface area contributed by atoms with Crippen LogP contribution >= 0.6 is 23.1 Å². The molecule has 0 saturated heterocycles. The molecule has 88 valence electrons. The van der Waals surface area contributed by atoms with E-state index < -0.39 is 0 Å². The molecule has 0 aliphatic carbocycles. The lowest BCUT2D eigenvalue weighted by atomic mass is 10.4. The lowest BCUT2D eigenvalue weighted by Crippen LogP contribution is -2.30. The van der Waals surface area contributed by atoms with Gasteiger partial charge in [0.05, 0.1) is 11.8 Å². The molecule has 1 aromatic heterocycles. The minimum Gasteiger partial charge on any atom is -0.350 e. The summed E-state index contributed by atoms with van der Waals surface area (Å²) in [5.41, 5.74) is 1.10. The Morgan fingerprint density at radius 2 is 2.44 bits per heavy atom. The molecule has 4 heteroatoms. The number of nitrogens with one attached hydrogen (secondary N) is 1. The fourth-order valence-electron chi connectivity index (χ4n) is 1.07. The van der Waals surface area contributed by atoms with E-state index in [1.54, 1.807) is 23.1 Å². The van der Waals surface area contributed by atoms with Gasteiger partial charge in [0, 0.05) is 10.6 Å². The molecule has 16 heavy (non-hydrogen) atoms. The largest absolute Gasteiger partial charge is 0.350 e. The molecule has 0 fully saturated rings. The molecule has 1 aromatic rings. The van der Waals surface area contributed by atoms with Crippen molar-refractivity contribution >= 4 is 29.0 Å². The van der Waals surface area contributed by atoms with E-state index in [0.29, 0.717) is 6.54 Å². The van der Waals surface area contributed by atoms with Crippen LogP contribution in [-0.4, -0.2) is 16.9 Å². The number of thiophene rings is 1. The molecule has 0 aromatic carbocycles. The first kappa shape index (κ1) is 13.3. The van der Waals surface area contributed by atoms with Crippen LogP contribution in [-0.2, 0) is 11.3 Å². The lowest BCUT2D eigenvalue weighted by molar-refractivity contribution is -0.120. The highest BCUT2D eigenvalue weighted by Crippen LogP contribution is 2.14. The van der Waals surface area contributed by atoms with Gasteiger partial charge in [0.15, 0.2) is 0 Å². The second-order valence-corrected chi connectivity index (χ2v) is 6.07. The topological polar surface area (TPSA) is 29.1 Å². The third kappa shape index (κ3) is 4.86. The number of rotatable bonds is 6. The van der Waals surface area contributed by atoms with Crippen molar-refractivity contribution in [3.8, 4) is 0 Å². The molecule has 2 nitrogen and oxygen atoms in total. The van der Waals surface area contributed by atoms with Crippen molar-refractivity contribution in [3.63, 3.8) is 0 Å². The zero-order valence-electron chi connectivity index (χ0n) is 9.66. The van der Waals surface area contributed by atoms with E-state index in [9.17, 15) is 4.79 Å². The van der Waals surface area contributed by atoms with Crippen LogP contribution < -0.4 is 5.32 Å². The molecule has 0 aliphatic heterocycles. The van der Waals surface area contributed by atoms with Crippen LogP contribution in [0, 0.1) is 0 Å². The zero-order chi connectivity index (χ0) is 12.0. The van der Waals surface area contributed by atoms with Gasteiger partial charge >= 0.3 is 0 Å². The Morgan fingerprint density at radius 3 is 3.00 bits per heavy atom. The first-order valence-electron chi connectivity index (χ1n) is 5.15. The van der Waals surface area contributed by atoms with Crippen LogP contribution in [0.5, 0.6) is 0 Å². The van der Waals surface area contributed by atoms with Crippen molar-refractivity contribution in [2.75, 3.05) is 5.75 Å². The van der Waals surface area contributed by atoms with Gasteiger partial charge < -0.3 is 5.32 Å². The summed E-state index contributed by atoms with van der Waals surface area (Å²) < 4.78 is 0. The van der Waals surface area contributed by atoms with Gasteiger partial charge in [-0.2, -0.15) is 0 Å². The normalized spacial score (nSPS) is 12.1. The average Bonchev–Trinajstić information content (AvgIpc) is 2.75. The standard InChI is InChI=1S/C12H17NOS2/c1-9(2)8-16-10(3)12(14)13-7-11-5-4-6-15-11/h4-6,10H,1,7-8H2,2-3H3,(H,13,14)/t10-/m0/s1. The van der Waals surface area contributed by atoms with Gasteiger partial charge in [-0.3, -0.25) is 4.79 Å². The highest BCUT2D eigenvalue weighted by atomic mass is 32.2. The van der Waals surface area contributed by atoms with Crippen molar-refractivity contribution < 1.29 is 4.79 Å². The molecule has 1 heterocycles. The second kappa shape index (κ2) is 6.76. The predicted octanol–water partition coefficient (Wildman–Crippen LogP) is 3.06. The van der Waals surface area contributed by atoms with E-state index in [0.717, 1.165) is 11.3 Å². The minimum atomic E-state index is -0.0170. The van der Waals surface area contributed by atoms with E-state index in [2.05, 4.69) is 11.9 Å². The molecule has 1 rings (SSSR count). The number of thioether (sulfide) groups is 1. The van der Waals surface area contributed by atoms with Crippen LogP contribution in [0.2, 0.25) is 0 Å². The second-order valence-electron chi connectivity index (χ2n) is 3.71. The van der Waals surface area contributed by atoms with Crippen molar-refractivity contribution in [2.45, 2.75) is 25.6 Å². The van der Waals surface area contributed by atoms with E-state index in [1.165, 1.54) is 4.88 Å². The van der Waals surface area contributed by atoms with Gasteiger partial charge in [0.2, 0.25) is 5.91 Å². The van der Waals surface area contributed by atoms with Crippen LogP contribution in [0.25, 0.3) is 0 Å². The van der Waals surface area contributed by atoms with Crippen molar-refractivity contribution in [2.24, 2.45) is 0 Å². The molecule has 1 amide bonds. The van der Waals surface area contributed by atoms with E-state index in [4.69, 9.17) is 0 Å². The van der Waals surface area contributed by atoms with Gasteiger partial charge in [0.25, 0.3) is 0 Å². The van der Waals surface area contributed by atoms with Gasteiger partial charge in [-0.15, -0.1) is 23.1 Å². The maximum Gasteiger partial charge on any atom is 0.233 e. The number of hydrogen-bond acceptors (Lipinski definition) is 3. The third-order valence-electron chi connectivity index (χ3n) is 1.97. The summed E-state index contributed by atoms with van der Waals surface area (Å²) in [6.07, 6.45) is 0. The Kier molecular flexibility index (Phi) is 5.63. The summed E-state index contributed by atoms with van der Waals surface area (Å²) >= 11 is 3.28. The van der Waals surface area contributed by atoms with E-state index in [-0.39, 0.29) is 11.2 Å². The predicted molar refractivity (Wildman–Crippen MR) is 72.9 cm³/mol. The van der Waals surface area contributed by atoms with Gasteiger partial charge in [-0.25, -0.2) is 0 Å². The van der Waals surface area contributed by atoms with Gasteiger partial charge in [-0.1, -0.05) is 18.2 Å². The van der Waals surface area contributed by atoms with Crippen LogP contribution in [0.3, 0.4) is 0 Å². The number of hydrogen-bond donors (Lipinski definition) is 1. The Labute approximate surface area is 105 Å². The average molecular weight is 255 g/mol. The van der Waals surface area contributed by atoms with Crippen molar-refractivity contribution in [3.05, 3.63) is 34.5 Å². The molecule has 0 aliphatic rings. The highest BCUT2D eigenvalue weighted by molar-refractivity contribution is 8.00. The molecular formula is C12H17NOS2. The molecule has 0 unspecified atom stereocenters. The highest BCUT2D eigenvalue weighted by Gasteiger charge is 2.12. The van der Waals surface area contributed by atoms with Gasteiger partial charge in [0.1, 0.15) is 0 Å². The van der Waals surface area contributed by atoms with E-state index in [1.807, 2.05) is 31.4 Å². The summed E-state index contributed by atoms with van der Waals surface area (Å²) in [5, 5.41) is 4.93. The Bertz CT molecular complexity index is 346. The quantitative estimate of drug-likeness (QED) is 0.792. The molecule has 1 atom stereocenters. The Balaban J connectivity index is 2.26. The fraction of sp³-hybridized carbons (Fsp3) is 0.417. The van der Waals surface area contributed by atoms with Crippen LogP contribution in [0.1, 0.15) is 18.7 Å². The van der Waals surface area contributed by atoms with E-state index >= 15 is 0 Å². The molecule has 0 radical (unpaired) electrons. The number of amides is 1. The monoisotopic (exact) mass is 255 g/mol. The summed E-state index contributed by atoms with van der Waals surface area (Å²) in [4.78, 5) is 12.9. The summed E-state index contributed by atoms with van der Waals surface area (Å²) in [7, 11) is 0. The summed E-state index contributed by atoms with van der Waals surface area (Å²) in [5.74, 6) is 0.938. The maximum absolute atomic E-state index is 11.7. The molecule has 0 spiro atoms. The maximum atomic E-state index is 11.7. The summed E-state index contributed by atoms with van der Waals surface area (Å²) in [6, 6.07) is 4.02.